The van der Waals surface area contributed by atoms with Crippen molar-refractivity contribution in [3.8, 4) is 0 Å². The Bertz CT molecular complexity index is 584. The summed E-state index contributed by atoms with van der Waals surface area (Å²) in [6.07, 6.45) is 5.98. The molecule has 21 heavy (non-hydrogen) atoms. The number of carboxylic acids is 1. The van der Waals surface area contributed by atoms with Gasteiger partial charge >= 0.3 is 5.97 Å². The van der Waals surface area contributed by atoms with Crippen LogP contribution in [0.4, 0.5) is 0 Å². The monoisotopic (exact) mass is 285 g/mol. The standard InChI is InChI=1S/C16H19N3O2/c1-12(9-15-10-17-7-8-18-15)19(2)11-13-3-5-14(6-4-13)16(20)21/h3-8,10,12H,9,11H2,1-2H3,(H,20,21)/t12-/m1/s1. The SMILES string of the molecule is C[C@H](Cc1cnccn1)N(C)Cc1ccc(C(=O)O)cc1. The van der Waals surface area contributed by atoms with Crippen LogP contribution in [-0.4, -0.2) is 39.0 Å². The Morgan fingerprint density at radius 1 is 1.29 bits per heavy atom. The summed E-state index contributed by atoms with van der Waals surface area (Å²) in [5, 5.41) is 8.89. The van der Waals surface area contributed by atoms with Crippen LogP contribution in [0, 0.1) is 0 Å². The van der Waals surface area contributed by atoms with E-state index in [1.165, 1.54) is 0 Å². The fraction of sp³-hybridized carbons (Fsp3) is 0.312. The molecule has 2 aromatic rings. The van der Waals surface area contributed by atoms with Crippen LogP contribution in [0.3, 0.4) is 0 Å². The molecule has 1 atom stereocenters. The molecular formula is C16H19N3O2. The van der Waals surface area contributed by atoms with Crippen molar-refractivity contribution in [1.82, 2.24) is 14.9 Å². The highest BCUT2D eigenvalue weighted by atomic mass is 16.4. The van der Waals surface area contributed by atoms with Crippen LogP contribution in [-0.2, 0) is 13.0 Å². The van der Waals surface area contributed by atoms with Gasteiger partial charge in [-0.15, -0.1) is 0 Å². The van der Waals surface area contributed by atoms with Crippen LogP contribution in [0.5, 0.6) is 0 Å². The molecule has 0 spiro atoms. The predicted octanol–water partition coefficient (Wildman–Crippen LogP) is 2.24. The van der Waals surface area contributed by atoms with Gasteiger partial charge in [0.1, 0.15) is 0 Å². The van der Waals surface area contributed by atoms with Crippen molar-refractivity contribution in [2.24, 2.45) is 0 Å². The highest BCUT2D eigenvalue weighted by molar-refractivity contribution is 5.87. The quantitative estimate of drug-likeness (QED) is 0.881. The van der Waals surface area contributed by atoms with E-state index >= 15 is 0 Å². The maximum atomic E-state index is 10.8. The fourth-order valence-electron chi connectivity index (χ4n) is 2.09. The number of likely N-dealkylation sites (N-methyl/N-ethyl adjacent to an activating group) is 1. The second kappa shape index (κ2) is 6.95. The van der Waals surface area contributed by atoms with Gasteiger partial charge in [0.2, 0.25) is 0 Å². The van der Waals surface area contributed by atoms with Crippen LogP contribution >= 0.6 is 0 Å². The van der Waals surface area contributed by atoms with E-state index in [-0.39, 0.29) is 0 Å². The van der Waals surface area contributed by atoms with E-state index in [2.05, 4.69) is 21.8 Å². The van der Waals surface area contributed by atoms with Crippen molar-refractivity contribution in [2.75, 3.05) is 7.05 Å². The number of aromatic carboxylic acids is 1. The van der Waals surface area contributed by atoms with Crippen molar-refractivity contribution in [2.45, 2.75) is 25.9 Å². The number of carboxylic acid groups (broad SMARTS) is 1. The molecule has 0 amide bonds. The summed E-state index contributed by atoms with van der Waals surface area (Å²) >= 11 is 0. The Morgan fingerprint density at radius 2 is 2.00 bits per heavy atom. The molecule has 0 aliphatic carbocycles. The van der Waals surface area contributed by atoms with E-state index in [0.29, 0.717) is 11.6 Å². The van der Waals surface area contributed by atoms with Crippen molar-refractivity contribution < 1.29 is 9.90 Å². The molecule has 1 aromatic heterocycles. The minimum Gasteiger partial charge on any atom is -0.478 e. The summed E-state index contributed by atoms with van der Waals surface area (Å²) in [6, 6.07) is 7.31. The van der Waals surface area contributed by atoms with Crippen LogP contribution in [0.2, 0.25) is 0 Å². The molecule has 5 heteroatoms. The van der Waals surface area contributed by atoms with Gasteiger partial charge in [-0.05, 0) is 31.7 Å². The molecule has 0 aliphatic rings. The van der Waals surface area contributed by atoms with Gasteiger partial charge in [-0.3, -0.25) is 14.9 Å². The number of rotatable bonds is 6. The Kier molecular flexibility index (Phi) is 5.00. The normalized spacial score (nSPS) is 12.3. The molecule has 0 fully saturated rings. The number of benzene rings is 1. The van der Waals surface area contributed by atoms with E-state index in [9.17, 15) is 4.79 Å². The highest BCUT2D eigenvalue weighted by Gasteiger charge is 2.11. The molecule has 0 radical (unpaired) electrons. The Balaban J connectivity index is 1.94. The smallest absolute Gasteiger partial charge is 0.335 e. The first kappa shape index (κ1) is 15.1. The molecule has 110 valence electrons. The van der Waals surface area contributed by atoms with Crippen LogP contribution in [0.25, 0.3) is 0 Å². The Morgan fingerprint density at radius 3 is 2.57 bits per heavy atom. The first-order valence-corrected chi connectivity index (χ1v) is 6.83. The third-order valence-corrected chi connectivity index (χ3v) is 3.51. The van der Waals surface area contributed by atoms with E-state index in [1.54, 1.807) is 30.7 Å². The molecule has 2 rings (SSSR count). The first-order chi connectivity index (χ1) is 10.1. The number of aromatic nitrogens is 2. The van der Waals surface area contributed by atoms with Crippen molar-refractivity contribution in [3.63, 3.8) is 0 Å². The summed E-state index contributed by atoms with van der Waals surface area (Å²) in [4.78, 5) is 21.4. The maximum absolute atomic E-state index is 10.8. The molecule has 0 saturated carbocycles. The molecule has 1 aromatic carbocycles. The molecule has 1 heterocycles. The average molecular weight is 285 g/mol. The van der Waals surface area contributed by atoms with Gasteiger partial charge in [0.15, 0.2) is 0 Å². The van der Waals surface area contributed by atoms with Crippen molar-refractivity contribution in [3.05, 3.63) is 59.7 Å². The fourth-order valence-corrected chi connectivity index (χ4v) is 2.09. The zero-order chi connectivity index (χ0) is 15.2. The second-order valence-corrected chi connectivity index (χ2v) is 5.17. The van der Waals surface area contributed by atoms with E-state index in [4.69, 9.17) is 5.11 Å². The van der Waals surface area contributed by atoms with Gasteiger partial charge in [0, 0.05) is 37.6 Å². The zero-order valence-electron chi connectivity index (χ0n) is 12.2. The van der Waals surface area contributed by atoms with Crippen LogP contribution in [0.15, 0.2) is 42.9 Å². The zero-order valence-corrected chi connectivity index (χ0v) is 12.2. The molecule has 0 bridgehead atoms. The van der Waals surface area contributed by atoms with Gasteiger partial charge < -0.3 is 5.11 Å². The lowest BCUT2D eigenvalue weighted by Gasteiger charge is -2.24. The van der Waals surface area contributed by atoms with Crippen molar-refractivity contribution >= 4 is 5.97 Å². The lowest BCUT2D eigenvalue weighted by Crippen LogP contribution is -2.30. The topological polar surface area (TPSA) is 66.3 Å². The Hall–Kier alpha value is -2.27. The maximum Gasteiger partial charge on any atom is 0.335 e. The number of nitrogens with zero attached hydrogens (tertiary/aromatic N) is 3. The molecule has 5 nitrogen and oxygen atoms in total. The number of carbonyl (C=O) groups is 1. The molecule has 0 saturated heterocycles. The molecule has 0 unspecified atom stereocenters. The second-order valence-electron chi connectivity index (χ2n) is 5.17. The van der Waals surface area contributed by atoms with Gasteiger partial charge in [-0.2, -0.15) is 0 Å². The summed E-state index contributed by atoms with van der Waals surface area (Å²) in [5.41, 5.74) is 2.38. The van der Waals surface area contributed by atoms with Gasteiger partial charge in [-0.1, -0.05) is 12.1 Å². The summed E-state index contributed by atoms with van der Waals surface area (Å²) in [7, 11) is 2.05. The molecule has 0 aliphatic heterocycles. The number of hydrogen-bond acceptors (Lipinski definition) is 4. The highest BCUT2D eigenvalue weighted by Crippen LogP contribution is 2.11. The van der Waals surface area contributed by atoms with Gasteiger partial charge in [0.25, 0.3) is 0 Å². The lowest BCUT2D eigenvalue weighted by molar-refractivity contribution is 0.0697. The minimum absolute atomic E-state index is 0.314. The summed E-state index contributed by atoms with van der Waals surface area (Å²) in [6.45, 7) is 2.90. The van der Waals surface area contributed by atoms with E-state index in [1.807, 2.05) is 19.2 Å². The van der Waals surface area contributed by atoms with Crippen molar-refractivity contribution in [1.29, 1.82) is 0 Å². The predicted molar refractivity (Wildman–Crippen MR) is 80.1 cm³/mol. The van der Waals surface area contributed by atoms with Gasteiger partial charge in [-0.25, -0.2) is 4.79 Å². The third kappa shape index (κ3) is 4.36. The van der Waals surface area contributed by atoms with E-state index < -0.39 is 5.97 Å². The lowest BCUT2D eigenvalue weighted by atomic mass is 10.1. The summed E-state index contributed by atoms with van der Waals surface area (Å²) < 4.78 is 0. The van der Waals surface area contributed by atoms with Crippen LogP contribution in [0.1, 0.15) is 28.5 Å². The molecular weight excluding hydrogens is 266 g/mol. The molecule has 1 N–H and O–H groups in total. The van der Waals surface area contributed by atoms with Crippen LogP contribution < -0.4 is 0 Å². The first-order valence-electron chi connectivity index (χ1n) is 6.83. The minimum atomic E-state index is -0.897. The Labute approximate surface area is 124 Å². The largest absolute Gasteiger partial charge is 0.478 e. The third-order valence-electron chi connectivity index (χ3n) is 3.51. The average Bonchev–Trinajstić information content (AvgIpc) is 2.48. The number of hydrogen-bond donors (Lipinski definition) is 1. The summed E-state index contributed by atoms with van der Waals surface area (Å²) in [5.74, 6) is -0.897. The van der Waals surface area contributed by atoms with Gasteiger partial charge in [0.05, 0.1) is 11.3 Å². The van der Waals surface area contributed by atoms with E-state index in [0.717, 1.165) is 24.2 Å².